The minimum Gasteiger partial charge on any atom is -0.467 e. The summed E-state index contributed by atoms with van der Waals surface area (Å²) in [6.45, 7) is 4.28. The topological polar surface area (TPSA) is 129 Å². The molecule has 0 unspecified atom stereocenters. The van der Waals surface area contributed by atoms with Crippen LogP contribution in [0.1, 0.15) is 18.2 Å². The van der Waals surface area contributed by atoms with Gasteiger partial charge in [0.15, 0.2) is 11.5 Å². The molecular formula is C21H23FN8O. The number of hydrogen-bond acceptors (Lipinski definition) is 7. The van der Waals surface area contributed by atoms with Crippen molar-refractivity contribution in [3.63, 3.8) is 0 Å². The van der Waals surface area contributed by atoms with Crippen LogP contribution in [0.3, 0.4) is 0 Å². The van der Waals surface area contributed by atoms with Crippen LogP contribution in [0.5, 0.6) is 6.01 Å². The first-order valence-corrected chi connectivity index (χ1v) is 9.68. The molecule has 0 amide bonds. The predicted octanol–water partition coefficient (Wildman–Crippen LogP) is 2.53. The molecule has 0 saturated carbocycles. The number of aromatic nitrogens is 4. The molecule has 0 aliphatic carbocycles. The first-order valence-electron chi connectivity index (χ1n) is 9.68. The van der Waals surface area contributed by atoms with Gasteiger partial charge in [-0.3, -0.25) is 0 Å². The maximum atomic E-state index is 14.4. The van der Waals surface area contributed by atoms with Crippen LogP contribution >= 0.6 is 0 Å². The second-order valence-electron chi connectivity index (χ2n) is 7.29. The highest BCUT2D eigenvalue weighted by Gasteiger charge is 2.14. The van der Waals surface area contributed by atoms with E-state index in [9.17, 15) is 4.39 Å². The van der Waals surface area contributed by atoms with Crippen LogP contribution < -0.4 is 21.5 Å². The molecule has 4 rings (SSSR count). The minimum absolute atomic E-state index is 0.0304. The Morgan fingerprint density at radius 2 is 2.13 bits per heavy atom. The zero-order valence-electron chi connectivity index (χ0n) is 17.4. The summed E-state index contributed by atoms with van der Waals surface area (Å²) in [6.07, 6.45) is 5.04. The van der Waals surface area contributed by atoms with Crippen molar-refractivity contribution in [1.82, 2.24) is 19.4 Å². The first-order chi connectivity index (χ1) is 14.9. The van der Waals surface area contributed by atoms with Crippen LogP contribution in [0.15, 0.2) is 41.8 Å². The van der Waals surface area contributed by atoms with Gasteiger partial charge in [-0.25, -0.2) is 19.4 Å². The van der Waals surface area contributed by atoms with Gasteiger partial charge in [0.2, 0.25) is 0 Å². The Kier molecular flexibility index (Phi) is 5.38. The Morgan fingerprint density at radius 1 is 1.32 bits per heavy atom. The van der Waals surface area contributed by atoms with Gasteiger partial charge in [0, 0.05) is 53.9 Å². The number of aliphatic imine (C=N–C) groups is 1. The van der Waals surface area contributed by atoms with Crippen LogP contribution in [0.25, 0.3) is 16.6 Å². The number of rotatable bonds is 6. The number of benzene rings is 1. The summed E-state index contributed by atoms with van der Waals surface area (Å²) in [5.74, 6) is -0.300. The smallest absolute Gasteiger partial charge is 0.316 e. The molecule has 0 aliphatic heterocycles. The Labute approximate surface area is 178 Å². The molecule has 4 aromatic rings. The summed E-state index contributed by atoms with van der Waals surface area (Å²) in [5, 5.41) is 4.02. The van der Waals surface area contributed by atoms with E-state index in [4.69, 9.17) is 16.2 Å². The van der Waals surface area contributed by atoms with Crippen LogP contribution in [0.2, 0.25) is 0 Å². The number of nitrogens with two attached hydrogens (primary N) is 2. The van der Waals surface area contributed by atoms with Gasteiger partial charge in [-0.1, -0.05) is 0 Å². The quantitative estimate of drug-likeness (QED) is 0.322. The van der Waals surface area contributed by atoms with E-state index in [0.717, 1.165) is 11.1 Å². The van der Waals surface area contributed by atoms with Gasteiger partial charge in [-0.15, -0.1) is 0 Å². The van der Waals surface area contributed by atoms with E-state index in [0.29, 0.717) is 29.0 Å². The van der Waals surface area contributed by atoms with Crippen LogP contribution in [0, 0.1) is 12.7 Å². The fourth-order valence-electron chi connectivity index (χ4n) is 3.26. The van der Waals surface area contributed by atoms with Crippen LogP contribution in [0.4, 0.5) is 15.8 Å². The number of anilines is 1. The molecule has 0 radical (unpaired) electrons. The van der Waals surface area contributed by atoms with Gasteiger partial charge in [-0.05, 0) is 26.0 Å². The number of halogens is 1. The van der Waals surface area contributed by atoms with Crippen molar-refractivity contribution in [3.8, 4) is 6.01 Å². The van der Waals surface area contributed by atoms with Crippen molar-refractivity contribution < 1.29 is 9.13 Å². The van der Waals surface area contributed by atoms with Crippen molar-refractivity contribution in [2.75, 3.05) is 19.0 Å². The second kappa shape index (κ2) is 8.15. The van der Waals surface area contributed by atoms with E-state index >= 15 is 0 Å². The highest BCUT2D eigenvalue weighted by molar-refractivity contribution is 6.11. The van der Waals surface area contributed by atoms with Crippen LogP contribution in [-0.2, 0) is 0 Å². The predicted molar refractivity (Wildman–Crippen MR) is 119 cm³/mol. The highest BCUT2D eigenvalue weighted by Crippen LogP contribution is 2.27. The zero-order chi connectivity index (χ0) is 22.1. The standard InChI is InChI=1S/C21H23FN8O/c1-11(23)7-25-17-5-4-14(18-15(17)8-26-21(29-18)31-3)19(24)28-13-6-16(22)20-27-12(2)9-30(20)10-13/h4-6,8-11,25H,7,23H2,1-3H3,(H2,24,28)/t11-/m1/s1. The van der Waals surface area contributed by atoms with Crippen molar-refractivity contribution in [2.24, 2.45) is 16.5 Å². The molecule has 0 fully saturated rings. The third-order valence-electron chi connectivity index (χ3n) is 4.66. The molecule has 9 nitrogen and oxygen atoms in total. The molecule has 3 aromatic heterocycles. The molecule has 1 aromatic carbocycles. The third-order valence-corrected chi connectivity index (χ3v) is 4.66. The van der Waals surface area contributed by atoms with E-state index in [2.05, 4.69) is 25.3 Å². The van der Waals surface area contributed by atoms with Crippen molar-refractivity contribution in [2.45, 2.75) is 19.9 Å². The maximum Gasteiger partial charge on any atom is 0.316 e. The monoisotopic (exact) mass is 422 g/mol. The molecule has 31 heavy (non-hydrogen) atoms. The first kappa shape index (κ1) is 20.5. The molecule has 3 heterocycles. The molecule has 1 atom stereocenters. The highest BCUT2D eigenvalue weighted by atomic mass is 19.1. The van der Waals surface area contributed by atoms with E-state index in [-0.39, 0.29) is 23.5 Å². The Morgan fingerprint density at radius 3 is 2.87 bits per heavy atom. The number of hydrogen-bond donors (Lipinski definition) is 3. The van der Waals surface area contributed by atoms with Gasteiger partial charge < -0.3 is 25.9 Å². The van der Waals surface area contributed by atoms with E-state index in [1.807, 2.05) is 13.0 Å². The van der Waals surface area contributed by atoms with Gasteiger partial charge >= 0.3 is 6.01 Å². The summed E-state index contributed by atoms with van der Waals surface area (Å²) in [5.41, 5.74) is 15.4. The normalized spacial score (nSPS) is 13.0. The number of aryl methyl sites for hydroxylation is 1. The largest absolute Gasteiger partial charge is 0.467 e. The van der Waals surface area contributed by atoms with E-state index in [1.54, 1.807) is 36.0 Å². The molecule has 0 bridgehead atoms. The molecular weight excluding hydrogens is 399 g/mol. The van der Waals surface area contributed by atoms with Gasteiger partial charge in [0.05, 0.1) is 24.0 Å². The number of nitrogens with one attached hydrogen (secondary N) is 1. The number of imidazole rings is 1. The summed E-state index contributed by atoms with van der Waals surface area (Å²) in [4.78, 5) is 17.2. The lowest BCUT2D eigenvalue weighted by Gasteiger charge is -2.14. The second-order valence-corrected chi connectivity index (χ2v) is 7.29. The minimum atomic E-state index is -0.480. The Balaban J connectivity index is 1.81. The SMILES string of the molecule is COc1ncc2c(NC[C@@H](C)N)ccc(C(N)=Nc3cc(F)c4nc(C)cn4c3)c2n1. The number of nitrogens with zero attached hydrogens (tertiary/aromatic N) is 5. The lowest BCUT2D eigenvalue weighted by molar-refractivity contribution is 0.382. The van der Waals surface area contributed by atoms with Gasteiger partial charge in [-0.2, -0.15) is 4.98 Å². The average molecular weight is 422 g/mol. The maximum absolute atomic E-state index is 14.4. The van der Waals surface area contributed by atoms with Crippen molar-refractivity contribution >= 4 is 33.8 Å². The molecule has 0 spiro atoms. The summed E-state index contributed by atoms with van der Waals surface area (Å²) < 4.78 is 21.2. The lowest BCUT2D eigenvalue weighted by atomic mass is 10.1. The van der Waals surface area contributed by atoms with Crippen molar-refractivity contribution in [1.29, 1.82) is 0 Å². The number of ether oxygens (including phenoxy) is 1. The van der Waals surface area contributed by atoms with Gasteiger partial charge in [0.1, 0.15) is 5.84 Å². The molecule has 160 valence electrons. The fraction of sp³-hybridized carbons (Fsp3) is 0.238. The summed E-state index contributed by atoms with van der Waals surface area (Å²) in [6, 6.07) is 5.13. The molecule has 5 N–H and O–H groups in total. The molecule has 10 heteroatoms. The number of fused-ring (bicyclic) bond motifs is 2. The number of amidine groups is 1. The zero-order valence-corrected chi connectivity index (χ0v) is 17.4. The Hall–Kier alpha value is -3.79. The average Bonchev–Trinajstić information content (AvgIpc) is 3.12. The molecule has 0 aliphatic rings. The Bertz CT molecular complexity index is 1300. The number of pyridine rings is 1. The van der Waals surface area contributed by atoms with Crippen LogP contribution in [-0.4, -0.2) is 44.9 Å². The third kappa shape index (κ3) is 4.10. The van der Waals surface area contributed by atoms with Crippen molar-refractivity contribution in [3.05, 3.63) is 53.9 Å². The number of methoxy groups -OCH3 is 1. The lowest BCUT2D eigenvalue weighted by Crippen LogP contribution is -2.25. The van der Waals surface area contributed by atoms with Gasteiger partial charge in [0.25, 0.3) is 0 Å². The molecule has 0 saturated heterocycles. The summed E-state index contributed by atoms with van der Waals surface area (Å²) >= 11 is 0. The fourth-order valence-corrected chi connectivity index (χ4v) is 3.26. The van der Waals surface area contributed by atoms with E-state index in [1.165, 1.54) is 13.2 Å². The van der Waals surface area contributed by atoms with E-state index < -0.39 is 5.82 Å². The summed E-state index contributed by atoms with van der Waals surface area (Å²) in [7, 11) is 1.49.